The van der Waals surface area contributed by atoms with E-state index in [4.69, 9.17) is 16.3 Å². The second kappa shape index (κ2) is 8.30. The van der Waals surface area contributed by atoms with Crippen LogP contribution in [-0.2, 0) is 4.79 Å². The zero-order valence-electron chi connectivity index (χ0n) is 14.0. The summed E-state index contributed by atoms with van der Waals surface area (Å²) in [7, 11) is 1.48. The number of nitrogens with one attached hydrogen (secondary N) is 2. The fourth-order valence-electron chi connectivity index (χ4n) is 2.10. The number of methoxy groups -OCH3 is 1. The van der Waals surface area contributed by atoms with Crippen LogP contribution in [0.3, 0.4) is 0 Å². The summed E-state index contributed by atoms with van der Waals surface area (Å²) in [6, 6.07) is 9.11. The highest BCUT2D eigenvalue weighted by Gasteiger charge is 2.18. The zero-order chi connectivity index (χ0) is 19.3. The second-order valence-electron chi connectivity index (χ2n) is 5.34. The lowest BCUT2D eigenvalue weighted by molar-refractivity contribution is -0.384. The summed E-state index contributed by atoms with van der Waals surface area (Å²) >= 11 is 6.00. The quantitative estimate of drug-likeness (QED) is 0.593. The van der Waals surface area contributed by atoms with Gasteiger partial charge in [0.1, 0.15) is 11.8 Å². The van der Waals surface area contributed by atoms with E-state index in [1.165, 1.54) is 38.3 Å². The third-order valence-electron chi connectivity index (χ3n) is 3.48. The van der Waals surface area contributed by atoms with Gasteiger partial charge in [0.05, 0.1) is 17.1 Å². The first-order valence-corrected chi connectivity index (χ1v) is 7.89. The van der Waals surface area contributed by atoms with Crippen molar-refractivity contribution < 1.29 is 19.2 Å². The van der Waals surface area contributed by atoms with Gasteiger partial charge in [0, 0.05) is 23.4 Å². The number of nitro groups is 1. The van der Waals surface area contributed by atoms with Crippen LogP contribution in [0.5, 0.6) is 5.75 Å². The van der Waals surface area contributed by atoms with Gasteiger partial charge in [-0.05, 0) is 31.2 Å². The van der Waals surface area contributed by atoms with Crippen LogP contribution in [0.25, 0.3) is 0 Å². The highest BCUT2D eigenvalue weighted by atomic mass is 35.5. The number of carbonyl (C=O) groups is 2. The third kappa shape index (κ3) is 4.70. The number of ether oxygens (including phenoxy) is 1. The molecule has 0 saturated heterocycles. The van der Waals surface area contributed by atoms with E-state index in [0.717, 1.165) is 6.07 Å². The van der Waals surface area contributed by atoms with Gasteiger partial charge in [-0.25, -0.2) is 0 Å². The molecule has 0 spiro atoms. The molecule has 0 aromatic heterocycles. The Hall–Kier alpha value is -3.13. The summed E-state index contributed by atoms with van der Waals surface area (Å²) in [5, 5.41) is 16.2. The first kappa shape index (κ1) is 19.2. The zero-order valence-corrected chi connectivity index (χ0v) is 14.7. The highest BCUT2D eigenvalue weighted by Crippen LogP contribution is 2.27. The van der Waals surface area contributed by atoms with E-state index in [-0.39, 0.29) is 11.3 Å². The van der Waals surface area contributed by atoms with Crippen molar-refractivity contribution in [2.75, 3.05) is 12.4 Å². The van der Waals surface area contributed by atoms with E-state index in [2.05, 4.69) is 10.6 Å². The van der Waals surface area contributed by atoms with Gasteiger partial charge in [-0.3, -0.25) is 19.7 Å². The molecule has 0 bridgehead atoms. The average molecular weight is 378 g/mol. The largest absolute Gasteiger partial charge is 0.495 e. The van der Waals surface area contributed by atoms with Crippen LogP contribution in [0.1, 0.15) is 17.3 Å². The maximum Gasteiger partial charge on any atom is 0.270 e. The average Bonchev–Trinajstić information content (AvgIpc) is 2.61. The Labute approximate surface area is 154 Å². The van der Waals surface area contributed by atoms with Crippen molar-refractivity contribution in [2.45, 2.75) is 13.0 Å². The lowest BCUT2D eigenvalue weighted by Gasteiger charge is -2.15. The number of nitro benzene ring substituents is 1. The van der Waals surface area contributed by atoms with Crippen LogP contribution in [0, 0.1) is 10.1 Å². The molecule has 2 aromatic rings. The first-order chi connectivity index (χ1) is 12.3. The number of anilines is 1. The number of non-ortho nitro benzene ring substituents is 1. The fourth-order valence-corrected chi connectivity index (χ4v) is 2.36. The van der Waals surface area contributed by atoms with Crippen molar-refractivity contribution in [1.29, 1.82) is 0 Å². The van der Waals surface area contributed by atoms with Gasteiger partial charge in [-0.15, -0.1) is 0 Å². The maximum absolute atomic E-state index is 12.2. The van der Waals surface area contributed by atoms with E-state index in [1.54, 1.807) is 12.1 Å². The van der Waals surface area contributed by atoms with Crippen LogP contribution in [0.4, 0.5) is 11.4 Å². The van der Waals surface area contributed by atoms with E-state index in [9.17, 15) is 19.7 Å². The van der Waals surface area contributed by atoms with Gasteiger partial charge in [0.25, 0.3) is 11.6 Å². The maximum atomic E-state index is 12.2. The Morgan fingerprint density at radius 1 is 1.23 bits per heavy atom. The molecule has 136 valence electrons. The molecule has 2 aromatic carbocycles. The summed E-state index contributed by atoms with van der Waals surface area (Å²) in [6.45, 7) is 1.50. The summed E-state index contributed by atoms with van der Waals surface area (Å²) in [6.07, 6.45) is 0. The van der Waals surface area contributed by atoms with Crippen molar-refractivity contribution in [3.05, 3.63) is 63.2 Å². The molecule has 1 unspecified atom stereocenters. The van der Waals surface area contributed by atoms with Gasteiger partial charge in [-0.2, -0.15) is 0 Å². The van der Waals surface area contributed by atoms with Crippen LogP contribution in [0.15, 0.2) is 42.5 Å². The molecule has 2 amide bonds. The Morgan fingerprint density at radius 2 is 1.96 bits per heavy atom. The van der Waals surface area contributed by atoms with Gasteiger partial charge >= 0.3 is 0 Å². The predicted molar refractivity (Wildman–Crippen MR) is 96.7 cm³/mol. The van der Waals surface area contributed by atoms with E-state index >= 15 is 0 Å². The number of amides is 2. The normalized spacial score (nSPS) is 11.3. The van der Waals surface area contributed by atoms with E-state index < -0.39 is 22.8 Å². The first-order valence-electron chi connectivity index (χ1n) is 7.51. The number of rotatable bonds is 6. The highest BCUT2D eigenvalue weighted by molar-refractivity contribution is 6.32. The number of benzene rings is 2. The summed E-state index contributed by atoms with van der Waals surface area (Å²) < 4.78 is 5.03. The second-order valence-corrected chi connectivity index (χ2v) is 5.75. The monoisotopic (exact) mass is 377 g/mol. The van der Waals surface area contributed by atoms with Crippen molar-refractivity contribution in [3.63, 3.8) is 0 Å². The molecule has 0 aliphatic carbocycles. The number of nitrogens with zero attached hydrogens (tertiary/aromatic N) is 1. The predicted octanol–water partition coefficient (Wildman–Crippen LogP) is 3.01. The van der Waals surface area contributed by atoms with E-state index in [0.29, 0.717) is 16.5 Å². The van der Waals surface area contributed by atoms with Gasteiger partial charge < -0.3 is 15.4 Å². The minimum absolute atomic E-state index is 0.0892. The van der Waals surface area contributed by atoms with E-state index in [1.807, 2.05) is 0 Å². The molecule has 8 nitrogen and oxygen atoms in total. The molecule has 0 saturated carbocycles. The SMILES string of the molecule is COc1ccc(NC(=O)C(C)NC(=O)c2cccc([N+](=O)[O-])c2)cc1Cl. The Morgan fingerprint density at radius 3 is 2.58 bits per heavy atom. The Bertz CT molecular complexity index is 856. The van der Waals surface area contributed by atoms with Crippen LogP contribution < -0.4 is 15.4 Å². The molecular weight excluding hydrogens is 362 g/mol. The summed E-state index contributed by atoms with van der Waals surface area (Å²) in [4.78, 5) is 34.6. The Kier molecular flexibility index (Phi) is 6.13. The molecule has 26 heavy (non-hydrogen) atoms. The minimum atomic E-state index is -0.873. The number of carbonyl (C=O) groups excluding carboxylic acids is 2. The smallest absolute Gasteiger partial charge is 0.270 e. The molecule has 0 heterocycles. The van der Waals surface area contributed by atoms with Gasteiger partial charge in [0.2, 0.25) is 5.91 Å². The van der Waals surface area contributed by atoms with Gasteiger partial charge in [-0.1, -0.05) is 17.7 Å². The molecule has 0 fully saturated rings. The molecular formula is C17H16ClN3O5. The molecule has 2 N–H and O–H groups in total. The minimum Gasteiger partial charge on any atom is -0.495 e. The van der Waals surface area contributed by atoms with Crippen LogP contribution in [0.2, 0.25) is 5.02 Å². The summed E-state index contributed by atoms with van der Waals surface area (Å²) in [5.41, 5.74) is 0.325. The molecule has 0 aliphatic rings. The summed E-state index contributed by atoms with van der Waals surface area (Å²) in [5.74, 6) is -0.592. The molecule has 1 atom stereocenters. The Balaban J connectivity index is 2.02. The molecule has 0 aliphatic heterocycles. The molecule has 9 heteroatoms. The van der Waals surface area contributed by atoms with Crippen LogP contribution >= 0.6 is 11.6 Å². The topological polar surface area (TPSA) is 111 Å². The standard InChI is InChI=1S/C17H16ClN3O5/c1-10(16(22)20-12-6-7-15(26-2)14(18)9-12)19-17(23)11-4-3-5-13(8-11)21(24)25/h3-10H,1-2H3,(H,19,23)(H,20,22). The van der Waals surface area contributed by atoms with Crippen molar-refractivity contribution in [2.24, 2.45) is 0 Å². The van der Waals surface area contributed by atoms with Gasteiger partial charge in [0.15, 0.2) is 0 Å². The van der Waals surface area contributed by atoms with Crippen LogP contribution in [-0.4, -0.2) is 29.9 Å². The fraction of sp³-hybridized carbons (Fsp3) is 0.176. The number of hydrogen-bond donors (Lipinski definition) is 2. The van der Waals surface area contributed by atoms with Crippen molar-refractivity contribution in [3.8, 4) is 5.75 Å². The molecule has 0 radical (unpaired) electrons. The van der Waals surface area contributed by atoms with Crippen molar-refractivity contribution >= 4 is 34.8 Å². The molecule has 2 rings (SSSR count). The number of halogens is 1. The lowest BCUT2D eigenvalue weighted by Crippen LogP contribution is -2.41. The van der Waals surface area contributed by atoms with Crippen molar-refractivity contribution in [1.82, 2.24) is 5.32 Å². The number of hydrogen-bond acceptors (Lipinski definition) is 5. The lowest BCUT2D eigenvalue weighted by atomic mass is 10.1. The third-order valence-corrected chi connectivity index (χ3v) is 3.77.